The third-order valence-electron chi connectivity index (χ3n) is 4.10. The third kappa shape index (κ3) is 3.81. The molecule has 4 aromatic rings. The second-order valence-electron chi connectivity index (χ2n) is 6.00. The van der Waals surface area contributed by atoms with Crippen LogP contribution in [0.4, 0.5) is 0 Å². The molecule has 6 nitrogen and oxygen atoms in total. The second-order valence-corrected chi connectivity index (χ2v) is 7.89. The van der Waals surface area contributed by atoms with E-state index in [0.29, 0.717) is 40.1 Å². The van der Waals surface area contributed by atoms with E-state index in [0.717, 1.165) is 17.7 Å². The molecule has 0 saturated heterocycles. The lowest BCUT2D eigenvalue weighted by atomic mass is 10.2. The molecular weight excluding hydrogens is 380 g/mol. The predicted octanol–water partition coefficient (Wildman–Crippen LogP) is 4.60. The lowest BCUT2D eigenvalue weighted by Crippen LogP contribution is -2.23. The summed E-state index contributed by atoms with van der Waals surface area (Å²) in [4.78, 5) is 23.0. The molecule has 0 spiro atoms. The van der Waals surface area contributed by atoms with Gasteiger partial charge in [0.25, 0.3) is 5.56 Å². The molecule has 0 fully saturated rings. The molecule has 27 heavy (non-hydrogen) atoms. The van der Waals surface area contributed by atoms with Crippen molar-refractivity contribution in [2.75, 3.05) is 0 Å². The van der Waals surface area contributed by atoms with Crippen LogP contribution in [0.3, 0.4) is 0 Å². The number of aromatic nitrogens is 4. The molecule has 138 valence electrons. The molecule has 0 aliphatic carbocycles. The monoisotopic (exact) mass is 398 g/mol. The first-order valence-electron chi connectivity index (χ1n) is 8.75. The Labute approximate surface area is 164 Å². The Morgan fingerprint density at radius 3 is 2.89 bits per heavy atom. The molecule has 0 radical (unpaired) electrons. The van der Waals surface area contributed by atoms with Crippen molar-refractivity contribution < 1.29 is 4.52 Å². The minimum atomic E-state index is 0.00125. The van der Waals surface area contributed by atoms with Crippen molar-refractivity contribution in [2.24, 2.45) is 0 Å². The van der Waals surface area contributed by atoms with Gasteiger partial charge in [-0.15, -0.1) is 11.3 Å². The summed E-state index contributed by atoms with van der Waals surface area (Å²) in [5, 5.41) is 7.34. The zero-order valence-corrected chi connectivity index (χ0v) is 16.4. The lowest BCUT2D eigenvalue weighted by Gasteiger charge is -2.12. The number of rotatable bonds is 7. The number of nitrogens with zero attached hydrogens (tertiary/aromatic N) is 4. The zero-order chi connectivity index (χ0) is 18.6. The van der Waals surface area contributed by atoms with Crippen LogP contribution in [-0.4, -0.2) is 19.7 Å². The van der Waals surface area contributed by atoms with Crippen molar-refractivity contribution in [3.05, 3.63) is 58.0 Å². The van der Waals surface area contributed by atoms with Gasteiger partial charge in [-0.1, -0.05) is 48.5 Å². The SMILES string of the molecule is CCCCn1c(SCc2nc(-c3cccs3)no2)nc2ccccc2c1=O. The van der Waals surface area contributed by atoms with Crippen molar-refractivity contribution in [2.45, 2.75) is 37.2 Å². The van der Waals surface area contributed by atoms with Crippen LogP contribution < -0.4 is 5.56 Å². The molecule has 8 heteroatoms. The van der Waals surface area contributed by atoms with Gasteiger partial charge in [0.15, 0.2) is 5.16 Å². The molecule has 0 aliphatic rings. The van der Waals surface area contributed by atoms with Gasteiger partial charge in [-0.2, -0.15) is 4.98 Å². The fourth-order valence-electron chi connectivity index (χ4n) is 2.72. The number of benzene rings is 1. The van der Waals surface area contributed by atoms with Gasteiger partial charge in [-0.05, 0) is 30.0 Å². The molecule has 0 N–H and O–H groups in total. The van der Waals surface area contributed by atoms with Crippen LogP contribution >= 0.6 is 23.1 Å². The van der Waals surface area contributed by atoms with Crippen LogP contribution in [0.2, 0.25) is 0 Å². The van der Waals surface area contributed by atoms with E-state index < -0.39 is 0 Å². The van der Waals surface area contributed by atoms with Gasteiger partial charge in [0, 0.05) is 6.54 Å². The molecule has 0 bridgehead atoms. The molecule has 0 amide bonds. The van der Waals surface area contributed by atoms with Gasteiger partial charge in [-0.25, -0.2) is 4.98 Å². The summed E-state index contributed by atoms with van der Waals surface area (Å²) in [5.74, 6) is 1.58. The summed E-state index contributed by atoms with van der Waals surface area (Å²) in [6.07, 6.45) is 1.94. The van der Waals surface area contributed by atoms with Gasteiger partial charge in [0.05, 0.1) is 21.5 Å². The van der Waals surface area contributed by atoms with Crippen molar-refractivity contribution >= 4 is 34.0 Å². The van der Waals surface area contributed by atoms with E-state index in [1.165, 1.54) is 11.8 Å². The summed E-state index contributed by atoms with van der Waals surface area (Å²) in [6.45, 7) is 2.76. The molecule has 0 aliphatic heterocycles. The molecule has 0 unspecified atom stereocenters. The Balaban J connectivity index is 1.61. The van der Waals surface area contributed by atoms with Crippen molar-refractivity contribution in [3.8, 4) is 10.7 Å². The summed E-state index contributed by atoms with van der Waals surface area (Å²) in [5.41, 5.74) is 0.712. The highest BCUT2D eigenvalue weighted by atomic mass is 32.2. The van der Waals surface area contributed by atoms with E-state index in [4.69, 9.17) is 9.51 Å². The Morgan fingerprint density at radius 2 is 2.07 bits per heavy atom. The highest BCUT2D eigenvalue weighted by molar-refractivity contribution is 7.98. The summed E-state index contributed by atoms with van der Waals surface area (Å²) >= 11 is 3.02. The summed E-state index contributed by atoms with van der Waals surface area (Å²) in [7, 11) is 0. The van der Waals surface area contributed by atoms with Gasteiger partial charge >= 0.3 is 0 Å². The van der Waals surface area contributed by atoms with E-state index in [2.05, 4.69) is 17.1 Å². The number of fused-ring (bicyclic) bond motifs is 1. The topological polar surface area (TPSA) is 73.8 Å². The normalized spacial score (nSPS) is 11.3. The number of thioether (sulfide) groups is 1. The summed E-state index contributed by atoms with van der Waals surface area (Å²) in [6, 6.07) is 11.4. The van der Waals surface area contributed by atoms with Crippen LogP contribution in [0.15, 0.2) is 56.3 Å². The highest BCUT2D eigenvalue weighted by Gasteiger charge is 2.14. The second kappa shape index (κ2) is 8.06. The van der Waals surface area contributed by atoms with Crippen LogP contribution in [0.5, 0.6) is 0 Å². The molecule has 4 rings (SSSR count). The average Bonchev–Trinajstić information content (AvgIpc) is 3.37. The molecular formula is C19H18N4O2S2. The molecule has 3 aromatic heterocycles. The third-order valence-corrected chi connectivity index (χ3v) is 5.92. The van der Waals surface area contributed by atoms with E-state index in [-0.39, 0.29) is 5.56 Å². The van der Waals surface area contributed by atoms with Gasteiger partial charge in [-0.3, -0.25) is 9.36 Å². The largest absolute Gasteiger partial charge is 0.338 e. The van der Waals surface area contributed by atoms with Crippen molar-refractivity contribution in [1.82, 2.24) is 19.7 Å². The highest BCUT2D eigenvalue weighted by Crippen LogP contribution is 2.25. The quantitative estimate of drug-likeness (QED) is 0.335. The molecule has 3 heterocycles. The summed E-state index contributed by atoms with van der Waals surface area (Å²) < 4.78 is 7.12. The fraction of sp³-hybridized carbons (Fsp3) is 0.263. The average molecular weight is 399 g/mol. The molecule has 1 aromatic carbocycles. The number of unbranched alkanes of at least 4 members (excludes halogenated alkanes) is 1. The Hall–Kier alpha value is -2.45. The molecule has 0 saturated carbocycles. The van der Waals surface area contributed by atoms with Crippen LogP contribution in [-0.2, 0) is 12.3 Å². The Morgan fingerprint density at radius 1 is 1.19 bits per heavy atom. The van der Waals surface area contributed by atoms with Gasteiger partial charge in [0.2, 0.25) is 11.7 Å². The zero-order valence-electron chi connectivity index (χ0n) is 14.8. The lowest BCUT2D eigenvalue weighted by molar-refractivity contribution is 0.391. The first-order chi connectivity index (χ1) is 13.3. The van der Waals surface area contributed by atoms with E-state index >= 15 is 0 Å². The Bertz CT molecular complexity index is 1100. The number of hydrogen-bond acceptors (Lipinski definition) is 7. The van der Waals surface area contributed by atoms with E-state index in [1.54, 1.807) is 15.9 Å². The maximum atomic E-state index is 12.9. The number of thiophene rings is 1. The molecule has 0 atom stereocenters. The van der Waals surface area contributed by atoms with Gasteiger partial charge in [0.1, 0.15) is 0 Å². The standard InChI is InChI=1S/C19H18N4O2S2/c1-2-3-10-23-18(24)13-7-4-5-8-14(13)20-19(23)27-12-16-21-17(22-25-16)15-9-6-11-26-15/h4-9,11H,2-3,10,12H2,1H3. The van der Waals surface area contributed by atoms with Crippen LogP contribution in [0.25, 0.3) is 21.6 Å². The Kier molecular flexibility index (Phi) is 5.35. The smallest absolute Gasteiger partial charge is 0.262 e. The minimum absolute atomic E-state index is 0.00125. The van der Waals surface area contributed by atoms with E-state index in [1.807, 2.05) is 41.8 Å². The van der Waals surface area contributed by atoms with Crippen LogP contribution in [0, 0.1) is 0 Å². The predicted molar refractivity (Wildman–Crippen MR) is 108 cm³/mol. The van der Waals surface area contributed by atoms with Crippen molar-refractivity contribution in [3.63, 3.8) is 0 Å². The number of hydrogen-bond donors (Lipinski definition) is 0. The maximum absolute atomic E-state index is 12.9. The fourth-order valence-corrected chi connectivity index (χ4v) is 4.23. The maximum Gasteiger partial charge on any atom is 0.262 e. The first-order valence-corrected chi connectivity index (χ1v) is 10.6. The first kappa shape index (κ1) is 17.9. The van der Waals surface area contributed by atoms with E-state index in [9.17, 15) is 4.79 Å². The minimum Gasteiger partial charge on any atom is -0.338 e. The van der Waals surface area contributed by atoms with Crippen LogP contribution in [0.1, 0.15) is 25.7 Å². The van der Waals surface area contributed by atoms with Crippen molar-refractivity contribution in [1.29, 1.82) is 0 Å². The number of para-hydroxylation sites is 1. The van der Waals surface area contributed by atoms with Gasteiger partial charge < -0.3 is 4.52 Å².